The Bertz CT molecular complexity index is 831. The van der Waals surface area contributed by atoms with E-state index in [2.05, 4.69) is 15.4 Å². The lowest BCUT2D eigenvalue weighted by Gasteiger charge is -2.29. The van der Waals surface area contributed by atoms with Crippen LogP contribution in [0.1, 0.15) is 31.9 Å². The fraction of sp³-hybridized carbons (Fsp3) is 0.421. The number of rotatable bonds is 8. The highest BCUT2D eigenvalue weighted by molar-refractivity contribution is 5.92. The number of esters is 1. The van der Waals surface area contributed by atoms with Crippen LogP contribution in [0.25, 0.3) is 0 Å². The number of allylic oxidation sites excluding steroid dienone is 1. The van der Waals surface area contributed by atoms with Gasteiger partial charge in [0.15, 0.2) is 0 Å². The molecule has 2 heterocycles. The Morgan fingerprint density at radius 3 is 2.85 bits per heavy atom. The zero-order valence-electron chi connectivity index (χ0n) is 15.8. The van der Waals surface area contributed by atoms with Crippen molar-refractivity contribution in [3.05, 3.63) is 47.4 Å². The lowest BCUT2D eigenvalue weighted by molar-refractivity contribution is -0.141. The Balaban J connectivity index is 1.91. The summed E-state index contributed by atoms with van der Waals surface area (Å²) in [5, 5.41) is 7.41. The highest BCUT2D eigenvalue weighted by atomic mass is 16.6. The van der Waals surface area contributed by atoms with Crippen LogP contribution in [0.2, 0.25) is 0 Å². The molecule has 1 N–H and O–H groups in total. The van der Waals surface area contributed by atoms with Gasteiger partial charge in [0.05, 0.1) is 19.3 Å². The molecule has 0 aliphatic carbocycles. The summed E-state index contributed by atoms with van der Waals surface area (Å²) in [5.74, 6) is 0.804. The molecule has 0 amide bonds. The number of anilines is 1. The van der Waals surface area contributed by atoms with E-state index in [1.54, 1.807) is 11.8 Å². The summed E-state index contributed by atoms with van der Waals surface area (Å²) in [6, 6.07) is 7.04. The summed E-state index contributed by atoms with van der Waals surface area (Å²) >= 11 is 0. The molecule has 0 spiro atoms. The van der Waals surface area contributed by atoms with Crippen molar-refractivity contribution in [2.24, 2.45) is 0 Å². The van der Waals surface area contributed by atoms with Crippen molar-refractivity contribution in [2.45, 2.75) is 26.3 Å². The minimum Gasteiger partial charge on any atom is -0.496 e. The molecular formula is C19H24N4O4. The minimum absolute atomic E-state index is 0.193. The first-order valence-electron chi connectivity index (χ1n) is 8.92. The number of para-hydroxylation sites is 1. The molecule has 3 rings (SSSR count). The summed E-state index contributed by atoms with van der Waals surface area (Å²) in [6.07, 6.45) is 2.37. The third kappa shape index (κ3) is 3.95. The molecule has 1 aromatic heterocycles. The van der Waals surface area contributed by atoms with Crippen LogP contribution in [-0.4, -0.2) is 47.7 Å². The standard InChI is InChI=1S/C19H24N4O4/c1-4-9-26-10-11-27-18(24)16-13(2)22-19-20-12-21-23(19)17(16)14-7-5-6-8-15(14)25-3/h5-8,12,17H,4,9-11H2,1-3H3,(H,20,21,22)/t17-/m0/s1. The van der Waals surface area contributed by atoms with Gasteiger partial charge in [0, 0.05) is 17.9 Å². The van der Waals surface area contributed by atoms with Gasteiger partial charge in [-0.3, -0.25) is 0 Å². The van der Waals surface area contributed by atoms with Crippen molar-refractivity contribution < 1.29 is 19.0 Å². The van der Waals surface area contributed by atoms with E-state index in [0.717, 1.165) is 12.0 Å². The molecule has 0 unspecified atom stereocenters. The van der Waals surface area contributed by atoms with Gasteiger partial charge in [-0.25, -0.2) is 9.48 Å². The van der Waals surface area contributed by atoms with Crippen LogP contribution in [-0.2, 0) is 14.3 Å². The second kappa shape index (κ2) is 8.68. The maximum absolute atomic E-state index is 12.9. The van der Waals surface area contributed by atoms with E-state index in [1.807, 2.05) is 38.1 Å². The number of benzene rings is 1. The number of methoxy groups -OCH3 is 1. The van der Waals surface area contributed by atoms with Crippen LogP contribution >= 0.6 is 0 Å². The third-order valence-electron chi connectivity index (χ3n) is 4.26. The average Bonchev–Trinajstić information content (AvgIpc) is 3.14. The van der Waals surface area contributed by atoms with Gasteiger partial charge in [-0.15, -0.1) is 0 Å². The smallest absolute Gasteiger partial charge is 0.338 e. The monoisotopic (exact) mass is 372 g/mol. The van der Waals surface area contributed by atoms with Crippen LogP contribution in [0.5, 0.6) is 5.75 Å². The molecule has 0 fully saturated rings. The average molecular weight is 372 g/mol. The molecule has 27 heavy (non-hydrogen) atoms. The second-order valence-electron chi connectivity index (χ2n) is 6.08. The maximum atomic E-state index is 12.9. The van der Waals surface area contributed by atoms with Gasteiger partial charge in [-0.2, -0.15) is 10.1 Å². The number of nitrogens with zero attached hydrogens (tertiary/aromatic N) is 3. The van der Waals surface area contributed by atoms with Gasteiger partial charge in [0.2, 0.25) is 5.95 Å². The molecule has 8 nitrogen and oxygen atoms in total. The predicted molar refractivity (Wildman–Crippen MR) is 99.5 cm³/mol. The molecular weight excluding hydrogens is 348 g/mol. The zero-order valence-corrected chi connectivity index (χ0v) is 15.8. The van der Waals surface area contributed by atoms with E-state index in [0.29, 0.717) is 36.2 Å². The molecule has 1 aromatic carbocycles. The quantitative estimate of drug-likeness (QED) is 0.563. The number of hydrogen-bond donors (Lipinski definition) is 1. The highest BCUT2D eigenvalue weighted by Gasteiger charge is 2.35. The normalized spacial score (nSPS) is 15.9. The fourth-order valence-electron chi connectivity index (χ4n) is 3.05. The Morgan fingerprint density at radius 2 is 2.07 bits per heavy atom. The van der Waals surface area contributed by atoms with Crippen molar-refractivity contribution >= 4 is 11.9 Å². The van der Waals surface area contributed by atoms with Crippen LogP contribution in [0, 0.1) is 0 Å². The molecule has 1 aliphatic heterocycles. The van der Waals surface area contributed by atoms with E-state index >= 15 is 0 Å². The number of carbonyl (C=O) groups is 1. The van der Waals surface area contributed by atoms with Crippen molar-refractivity contribution in [1.82, 2.24) is 14.8 Å². The molecule has 0 bridgehead atoms. The molecule has 2 aromatic rings. The van der Waals surface area contributed by atoms with E-state index < -0.39 is 12.0 Å². The van der Waals surface area contributed by atoms with Crippen LogP contribution in [0.3, 0.4) is 0 Å². The Hall–Kier alpha value is -2.87. The van der Waals surface area contributed by atoms with Crippen molar-refractivity contribution in [2.75, 3.05) is 32.2 Å². The van der Waals surface area contributed by atoms with E-state index in [-0.39, 0.29) is 6.61 Å². The van der Waals surface area contributed by atoms with Gasteiger partial charge in [0.1, 0.15) is 24.7 Å². The van der Waals surface area contributed by atoms with Crippen LogP contribution in [0.4, 0.5) is 5.95 Å². The Kier molecular flexibility index (Phi) is 6.08. The summed E-state index contributed by atoms with van der Waals surface area (Å²) in [7, 11) is 1.60. The summed E-state index contributed by atoms with van der Waals surface area (Å²) in [6.45, 7) is 5.06. The second-order valence-corrected chi connectivity index (χ2v) is 6.08. The Morgan fingerprint density at radius 1 is 1.26 bits per heavy atom. The van der Waals surface area contributed by atoms with Crippen LogP contribution < -0.4 is 10.1 Å². The molecule has 0 saturated heterocycles. The molecule has 1 aliphatic rings. The SMILES string of the molecule is CCCOCCOC(=O)C1=C(C)Nc2ncnn2[C@H]1c1ccccc1OC. The number of nitrogens with one attached hydrogen (secondary N) is 1. The first-order chi connectivity index (χ1) is 13.2. The molecule has 8 heteroatoms. The van der Waals surface area contributed by atoms with Gasteiger partial charge in [-0.1, -0.05) is 25.1 Å². The van der Waals surface area contributed by atoms with Crippen LogP contribution in [0.15, 0.2) is 41.9 Å². The third-order valence-corrected chi connectivity index (χ3v) is 4.26. The number of ether oxygens (including phenoxy) is 3. The number of hydrogen-bond acceptors (Lipinski definition) is 7. The molecule has 0 radical (unpaired) electrons. The topological polar surface area (TPSA) is 87.5 Å². The predicted octanol–water partition coefficient (Wildman–Crippen LogP) is 2.55. The van der Waals surface area contributed by atoms with E-state index in [9.17, 15) is 4.79 Å². The van der Waals surface area contributed by atoms with E-state index in [4.69, 9.17) is 14.2 Å². The summed E-state index contributed by atoms with van der Waals surface area (Å²) in [5.41, 5.74) is 1.95. The van der Waals surface area contributed by atoms with Gasteiger partial charge < -0.3 is 19.5 Å². The summed E-state index contributed by atoms with van der Waals surface area (Å²) in [4.78, 5) is 17.1. The lowest BCUT2D eigenvalue weighted by atomic mass is 9.95. The molecule has 0 saturated carbocycles. The first-order valence-corrected chi connectivity index (χ1v) is 8.92. The van der Waals surface area contributed by atoms with Gasteiger partial charge in [0.25, 0.3) is 0 Å². The highest BCUT2D eigenvalue weighted by Crippen LogP contribution is 2.38. The maximum Gasteiger partial charge on any atom is 0.338 e. The Labute approximate surface area is 158 Å². The number of aromatic nitrogens is 3. The number of fused-ring (bicyclic) bond motifs is 1. The number of carbonyl (C=O) groups excluding carboxylic acids is 1. The first kappa shape index (κ1) is 18.9. The van der Waals surface area contributed by atoms with Crippen molar-refractivity contribution in [1.29, 1.82) is 0 Å². The summed E-state index contributed by atoms with van der Waals surface area (Å²) < 4.78 is 18.0. The minimum atomic E-state index is -0.496. The molecule has 1 atom stereocenters. The fourth-order valence-corrected chi connectivity index (χ4v) is 3.05. The lowest BCUT2D eigenvalue weighted by Crippen LogP contribution is -2.30. The van der Waals surface area contributed by atoms with Gasteiger partial charge >= 0.3 is 5.97 Å². The molecule has 144 valence electrons. The van der Waals surface area contributed by atoms with Gasteiger partial charge in [-0.05, 0) is 19.4 Å². The van der Waals surface area contributed by atoms with Crippen molar-refractivity contribution in [3.63, 3.8) is 0 Å². The van der Waals surface area contributed by atoms with Crippen molar-refractivity contribution in [3.8, 4) is 5.75 Å². The zero-order chi connectivity index (χ0) is 19.2. The van der Waals surface area contributed by atoms with E-state index in [1.165, 1.54) is 6.33 Å². The largest absolute Gasteiger partial charge is 0.496 e.